The number of likely N-dealkylation sites (tertiary alicyclic amines) is 1. The predicted molar refractivity (Wildman–Crippen MR) is 69.5 cm³/mol. The topological polar surface area (TPSA) is 46.1 Å². The highest BCUT2D eigenvalue weighted by molar-refractivity contribution is 5.93. The van der Waals surface area contributed by atoms with Crippen LogP contribution >= 0.6 is 0 Å². The average Bonchev–Trinajstić information content (AvgIpc) is 2.95. The summed E-state index contributed by atoms with van der Waals surface area (Å²) in [7, 11) is 0. The Hall–Kier alpha value is -2.04. The van der Waals surface area contributed by atoms with Crippen LogP contribution in [-0.2, 0) is 0 Å². The number of alkyl halides is 1. The van der Waals surface area contributed by atoms with Crippen molar-refractivity contribution in [3.63, 3.8) is 0 Å². The number of para-hydroxylation sites is 2. The van der Waals surface area contributed by atoms with Crippen LogP contribution in [0.1, 0.15) is 16.9 Å². The molecule has 1 aromatic heterocycles. The lowest BCUT2D eigenvalue weighted by molar-refractivity contribution is 0.0779. The quantitative estimate of drug-likeness (QED) is 0.829. The van der Waals surface area contributed by atoms with Gasteiger partial charge in [-0.25, -0.2) is 4.98 Å². The van der Waals surface area contributed by atoms with Gasteiger partial charge in [0.25, 0.3) is 5.91 Å². The first-order valence-electron chi connectivity index (χ1n) is 6.35. The van der Waals surface area contributed by atoms with Gasteiger partial charge in [-0.3, -0.25) is 14.2 Å². The van der Waals surface area contributed by atoms with E-state index in [-0.39, 0.29) is 18.5 Å². The van der Waals surface area contributed by atoms with Crippen molar-refractivity contribution in [1.82, 2.24) is 14.9 Å². The molecule has 2 aromatic rings. The fraction of sp³-hybridized carbons (Fsp3) is 0.357. The number of amides is 1. The summed E-state index contributed by atoms with van der Waals surface area (Å²) >= 11 is 0. The first-order valence-corrected chi connectivity index (χ1v) is 6.35. The van der Waals surface area contributed by atoms with Crippen LogP contribution < -0.4 is 0 Å². The molecular formula is C14H14FN3O. The Bertz CT molecular complexity index is 616. The molecule has 0 bridgehead atoms. The lowest BCUT2D eigenvalue weighted by Crippen LogP contribution is -2.29. The number of fused-ring (bicyclic) bond motifs is 1. The average molecular weight is 259 g/mol. The lowest BCUT2D eigenvalue weighted by Gasteiger charge is -2.15. The second kappa shape index (κ2) is 4.91. The molecule has 0 saturated carbocycles. The largest absolute Gasteiger partial charge is 0.337 e. The summed E-state index contributed by atoms with van der Waals surface area (Å²) in [6.45, 7) is 0.707. The van der Waals surface area contributed by atoms with E-state index in [1.807, 2.05) is 24.3 Å². The van der Waals surface area contributed by atoms with Crippen LogP contribution in [0.15, 0.2) is 30.5 Å². The van der Waals surface area contributed by atoms with Crippen molar-refractivity contribution in [2.75, 3.05) is 19.8 Å². The first kappa shape index (κ1) is 12.0. The monoisotopic (exact) mass is 259 g/mol. The lowest BCUT2D eigenvalue weighted by atomic mass is 10.1. The van der Waals surface area contributed by atoms with E-state index in [2.05, 4.69) is 9.97 Å². The standard InChI is InChI=1S/C14H14FN3O/c15-7-10-5-6-18(9-10)14(19)13-8-16-11-3-1-2-4-12(11)17-13/h1-4,8,10H,5-7,9H2. The normalized spacial score (nSPS) is 19.0. The number of nitrogens with zero attached hydrogens (tertiary/aromatic N) is 3. The maximum absolute atomic E-state index is 12.6. The molecule has 1 aliphatic heterocycles. The first-order chi connectivity index (χ1) is 9.28. The fourth-order valence-corrected chi connectivity index (χ4v) is 2.37. The van der Waals surface area contributed by atoms with Crippen molar-refractivity contribution < 1.29 is 9.18 Å². The highest BCUT2D eigenvalue weighted by Gasteiger charge is 2.27. The second-order valence-corrected chi connectivity index (χ2v) is 4.80. The van der Waals surface area contributed by atoms with Crippen molar-refractivity contribution in [2.24, 2.45) is 5.92 Å². The van der Waals surface area contributed by atoms with E-state index in [4.69, 9.17) is 0 Å². The summed E-state index contributed by atoms with van der Waals surface area (Å²) in [6.07, 6.45) is 2.22. The van der Waals surface area contributed by atoms with Crippen LogP contribution in [0.2, 0.25) is 0 Å². The molecule has 1 amide bonds. The van der Waals surface area contributed by atoms with Gasteiger partial charge in [0.05, 0.1) is 23.9 Å². The van der Waals surface area contributed by atoms with Gasteiger partial charge in [0.1, 0.15) is 5.69 Å². The zero-order valence-electron chi connectivity index (χ0n) is 10.4. The van der Waals surface area contributed by atoms with E-state index >= 15 is 0 Å². The highest BCUT2D eigenvalue weighted by Crippen LogP contribution is 2.19. The van der Waals surface area contributed by atoms with E-state index in [1.54, 1.807) is 4.90 Å². The minimum absolute atomic E-state index is 0.0302. The van der Waals surface area contributed by atoms with Crippen LogP contribution in [0.4, 0.5) is 4.39 Å². The highest BCUT2D eigenvalue weighted by atomic mass is 19.1. The van der Waals surface area contributed by atoms with E-state index in [1.165, 1.54) is 6.20 Å². The van der Waals surface area contributed by atoms with Crippen LogP contribution in [0, 0.1) is 5.92 Å². The van der Waals surface area contributed by atoms with Crippen molar-refractivity contribution >= 4 is 16.9 Å². The summed E-state index contributed by atoms with van der Waals surface area (Å²) in [4.78, 5) is 22.5. The molecule has 0 spiro atoms. The molecule has 1 atom stereocenters. The maximum Gasteiger partial charge on any atom is 0.274 e. The molecule has 5 heteroatoms. The van der Waals surface area contributed by atoms with E-state index in [0.717, 1.165) is 11.9 Å². The summed E-state index contributed by atoms with van der Waals surface area (Å²) in [5, 5.41) is 0. The third-order valence-corrected chi connectivity index (χ3v) is 3.46. The van der Waals surface area contributed by atoms with Crippen LogP contribution in [0.25, 0.3) is 11.0 Å². The molecule has 0 aliphatic carbocycles. The summed E-state index contributed by atoms with van der Waals surface area (Å²) in [6, 6.07) is 7.42. The molecule has 3 rings (SSSR count). The van der Waals surface area contributed by atoms with E-state index < -0.39 is 0 Å². The van der Waals surface area contributed by atoms with Crippen LogP contribution in [0.5, 0.6) is 0 Å². The van der Waals surface area contributed by atoms with E-state index in [9.17, 15) is 9.18 Å². The maximum atomic E-state index is 12.6. The van der Waals surface area contributed by atoms with Crippen molar-refractivity contribution in [3.8, 4) is 0 Å². The summed E-state index contributed by atoms with van der Waals surface area (Å²) in [5.74, 6) is -0.188. The molecular weight excluding hydrogens is 245 g/mol. The van der Waals surface area contributed by atoms with Crippen molar-refractivity contribution in [3.05, 3.63) is 36.2 Å². The SMILES string of the molecule is O=C(c1cnc2ccccc2n1)N1CCC(CF)C1. The van der Waals surface area contributed by atoms with Gasteiger partial charge in [0, 0.05) is 19.0 Å². The number of carbonyl (C=O) groups is 1. The Morgan fingerprint density at radius 2 is 2.16 bits per heavy atom. The molecule has 4 nitrogen and oxygen atoms in total. The number of rotatable bonds is 2. The number of benzene rings is 1. The van der Waals surface area contributed by atoms with Gasteiger partial charge in [0.2, 0.25) is 0 Å². The molecule has 1 aliphatic rings. The Labute approximate surface area is 110 Å². The molecule has 0 radical (unpaired) electrons. The fourth-order valence-electron chi connectivity index (χ4n) is 2.37. The van der Waals surface area contributed by atoms with Crippen molar-refractivity contribution in [1.29, 1.82) is 0 Å². The minimum atomic E-state index is -0.368. The molecule has 1 fully saturated rings. The number of halogens is 1. The van der Waals surface area contributed by atoms with Crippen LogP contribution in [0.3, 0.4) is 0 Å². The van der Waals surface area contributed by atoms with Gasteiger partial charge in [-0.05, 0) is 18.6 Å². The van der Waals surface area contributed by atoms with Gasteiger partial charge in [-0.15, -0.1) is 0 Å². The third-order valence-electron chi connectivity index (χ3n) is 3.46. The molecule has 1 aromatic carbocycles. The Morgan fingerprint density at radius 3 is 2.89 bits per heavy atom. The number of carbonyl (C=O) groups excluding carboxylic acids is 1. The van der Waals surface area contributed by atoms with E-state index in [0.29, 0.717) is 24.3 Å². The smallest absolute Gasteiger partial charge is 0.274 e. The molecule has 19 heavy (non-hydrogen) atoms. The summed E-state index contributed by atoms with van der Waals surface area (Å²) < 4.78 is 12.6. The number of hydrogen-bond donors (Lipinski definition) is 0. The zero-order valence-corrected chi connectivity index (χ0v) is 10.4. The molecule has 1 unspecified atom stereocenters. The van der Waals surface area contributed by atoms with Gasteiger partial charge in [-0.1, -0.05) is 12.1 Å². The van der Waals surface area contributed by atoms with Gasteiger partial charge in [0.15, 0.2) is 0 Å². The molecule has 98 valence electrons. The van der Waals surface area contributed by atoms with Crippen molar-refractivity contribution in [2.45, 2.75) is 6.42 Å². The predicted octanol–water partition coefficient (Wildman–Crippen LogP) is 2.06. The Morgan fingerprint density at radius 1 is 1.37 bits per heavy atom. The van der Waals surface area contributed by atoms with Gasteiger partial charge < -0.3 is 4.90 Å². The molecule has 1 saturated heterocycles. The summed E-state index contributed by atoms with van der Waals surface area (Å²) in [5.41, 5.74) is 1.80. The number of hydrogen-bond acceptors (Lipinski definition) is 3. The Balaban J connectivity index is 1.85. The molecule has 2 heterocycles. The minimum Gasteiger partial charge on any atom is -0.337 e. The Kier molecular flexibility index (Phi) is 3.11. The van der Waals surface area contributed by atoms with Gasteiger partial charge >= 0.3 is 0 Å². The molecule has 0 N–H and O–H groups in total. The third kappa shape index (κ3) is 2.28. The second-order valence-electron chi connectivity index (χ2n) is 4.80. The number of aromatic nitrogens is 2. The van der Waals surface area contributed by atoms with Gasteiger partial charge in [-0.2, -0.15) is 0 Å². The zero-order chi connectivity index (χ0) is 13.2. The van der Waals surface area contributed by atoms with Crippen LogP contribution in [-0.4, -0.2) is 40.5 Å².